The third-order valence-corrected chi connectivity index (χ3v) is 4.49. The van der Waals surface area contributed by atoms with Crippen molar-refractivity contribution in [3.63, 3.8) is 0 Å². The van der Waals surface area contributed by atoms with Gasteiger partial charge in [0.2, 0.25) is 6.29 Å². The van der Waals surface area contributed by atoms with E-state index in [1.54, 1.807) is 6.08 Å². The van der Waals surface area contributed by atoms with Gasteiger partial charge in [0.05, 0.1) is 13.2 Å². The highest BCUT2D eigenvalue weighted by atomic mass is 35.5. The molecule has 2 atom stereocenters. The van der Waals surface area contributed by atoms with Gasteiger partial charge in [-0.2, -0.15) is 0 Å². The average molecular weight is 374 g/mol. The summed E-state index contributed by atoms with van der Waals surface area (Å²) in [6.45, 7) is 0.332. The first-order chi connectivity index (χ1) is 12.5. The SMILES string of the molecule is NC(=O)C1=C[C@H](c2ccc(Cl)cc2)C[C@H](OCc2ccc(CO)cc2)O1. The summed E-state index contributed by atoms with van der Waals surface area (Å²) in [4.78, 5) is 11.6. The van der Waals surface area contributed by atoms with Crippen molar-refractivity contribution in [3.8, 4) is 0 Å². The molecular weight excluding hydrogens is 354 g/mol. The highest BCUT2D eigenvalue weighted by Gasteiger charge is 2.27. The van der Waals surface area contributed by atoms with Gasteiger partial charge in [-0.1, -0.05) is 48.0 Å². The Balaban J connectivity index is 1.70. The molecule has 0 spiro atoms. The van der Waals surface area contributed by atoms with Crippen LogP contribution in [0.2, 0.25) is 5.02 Å². The van der Waals surface area contributed by atoms with Crippen LogP contribution < -0.4 is 5.73 Å². The molecule has 0 fully saturated rings. The fourth-order valence-electron chi connectivity index (χ4n) is 2.80. The molecule has 1 aliphatic heterocycles. The summed E-state index contributed by atoms with van der Waals surface area (Å²) < 4.78 is 11.4. The van der Waals surface area contributed by atoms with Gasteiger partial charge in [0.25, 0.3) is 5.91 Å². The summed E-state index contributed by atoms with van der Waals surface area (Å²) in [5, 5.41) is 9.74. The van der Waals surface area contributed by atoms with Crippen LogP contribution in [0.4, 0.5) is 0 Å². The second-order valence-corrected chi connectivity index (χ2v) is 6.56. The maximum Gasteiger partial charge on any atom is 0.283 e. The van der Waals surface area contributed by atoms with E-state index in [0.717, 1.165) is 16.7 Å². The number of ether oxygens (including phenoxy) is 2. The van der Waals surface area contributed by atoms with Gasteiger partial charge in [-0.25, -0.2) is 0 Å². The van der Waals surface area contributed by atoms with Crippen LogP contribution in [-0.4, -0.2) is 17.3 Å². The zero-order valence-corrected chi connectivity index (χ0v) is 14.9. The molecule has 2 aromatic carbocycles. The lowest BCUT2D eigenvalue weighted by Crippen LogP contribution is -2.29. The minimum Gasteiger partial charge on any atom is -0.459 e. The smallest absolute Gasteiger partial charge is 0.283 e. The molecule has 6 heteroatoms. The van der Waals surface area contributed by atoms with Crippen molar-refractivity contribution in [2.75, 3.05) is 0 Å². The van der Waals surface area contributed by atoms with Crippen LogP contribution in [0.25, 0.3) is 0 Å². The number of hydrogen-bond donors (Lipinski definition) is 2. The molecule has 0 aromatic heterocycles. The molecule has 1 heterocycles. The molecule has 0 unspecified atom stereocenters. The second kappa shape index (κ2) is 8.36. The third kappa shape index (κ3) is 4.64. The van der Waals surface area contributed by atoms with Gasteiger partial charge in [0.1, 0.15) is 0 Å². The van der Waals surface area contributed by atoms with Crippen molar-refractivity contribution >= 4 is 17.5 Å². The normalized spacial score (nSPS) is 19.5. The van der Waals surface area contributed by atoms with E-state index >= 15 is 0 Å². The number of carbonyl (C=O) groups is 1. The Morgan fingerprint density at radius 1 is 1.15 bits per heavy atom. The Hall–Kier alpha value is -2.34. The van der Waals surface area contributed by atoms with Crippen LogP contribution in [0.1, 0.15) is 29.0 Å². The van der Waals surface area contributed by atoms with E-state index in [0.29, 0.717) is 18.1 Å². The van der Waals surface area contributed by atoms with E-state index in [4.69, 9.17) is 31.9 Å². The summed E-state index contributed by atoms with van der Waals surface area (Å²) >= 11 is 5.94. The monoisotopic (exact) mass is 373 g/mol. The van der Waals surface area contributed by atoms with Crippen molar-refractivity contribution in [1.82, 2.24) is 0 Å². The molecule has 26 heavy (non-hydrogen) atoms. The first-order valence-corrected chi connectivity index (χ1v) is 8.67. The fraction of sp³-hybridized carbons (Fsp3) is 0.250. The van der Waals surface area contributed by atoms with Crippen LogP contribution in [0.15, 0.2) is 60.4 Å². The molecule has 0 aliphatic carbocycles. The fourth-order valence-corrected chi connectivity index (χ4v) is 2.93. The van der Waals surface area contributed by atoms with E-state index in [-0.39, 0.29) is 18.3 Å². The number of amides is 1. The average Bonchev–Trinajstić information content (AvgIpc) is 2.67. The maximum atomic E-state index is 11.6. The molecule has 5 nitrogen and oxygen atoms in total. The zero-order valence-electron chi connectivity index (χ0n) is 14.1. The van der Waals surface area contributed by atoms with E-state index in [9.17, 15) is 4.79 Å². The Kier molecular flexibility index (Phi) is 5.93. The molecular formula is C20H20ClNO4. The van der Waals surface area contributed by atoms with Gasteiger partial charge >= 0.3 is 0 Å². The molecule has 2 aromatic rings. The lowest BCUT2D eigenvalue weighted by atomic mass is 9.93. The molecule has 0 saturated heterocycles. The number of nitrogens with two attached hydrogens (primary N) is 1. The van der Waals surface area contributed by atoms with Gasteiger partial charge in [0.15, 0.2) is 5.76 Å². The molecule has 0 saturated carbocycles. The van der Waals surface area contributed by atoms with Crippen LogP contribution in [-0.2, 0) is 27.5 Å². The number of aliphatic hydroxyl groups excluding tert-OH is 1. The summed E-state index contributed by atoms with van der Waals surface area (Å²) in [5.74, 6) is -0.563. The minimum absolute atomic E-state index is 0.00239. The first-order valence-electron chi connectivity index (χ1n) is 8.29. The van der Waals surface area contributed by atoms with E-state index in [1.807, 2.05) is 48.5 Å². The summed E-state index contributed by atoms with van der Waals surface area (Å²) in [5.41, 5.74) is 8.20. The summed E-state index contributed by atoms with van der Waals surface area (Å²) in [6, 6.07) is 14.9. The number of hydrogen-bond acceptors (Lipinski definition) is 4. The third-order valence-electron chi connectivity index (χ3n) is 4.24. The van der Waals surface area contributed by atoms with Crippen molar-refractivity contribution < 1.29 is 19.4 Å². The number of carbonyl (C=O) groups excluding carboxylic acids is 1. The van der Waals surface area contributed by atoms with Crippen molar-refractivity contribution in [3.05, 3.63) is 82.1 Å². The summed E-state index contributed by atoms with van der Waals surface area (Å²) in [7, 11) is 0. The standard InChI is InChI=1S/C20H20ClNO4/c21-17-7-5-15(6-8-17)16-9-18(20(22)24)26-19(10-16)25-12-14-3-1-13(11-23)2-4-14/h1-9,16,19,23H,10-12H2,(H2,22,24)/t16-,19+/m0/s1. The van der Waals surface area contributed by atoms with Crippen LogP contribution in [0.5, 0.6) is 0 Å². The summed E-state index contributed by atoms with van der Waals surface area (Å²) in [6.07, 6.45) is 1.70. The first kappa shape index (κ1) is 18.5. The van der Waals surface area contributed by atoms with Gasteiger partial charge in [0, 0.05) is 17.4 Å². The molecule has 3 rings (SSSR count). The predicted molar refractivity (Wildman–Crippen MR) is 98.1 cm³/mol. The van der Waals surface area contributed by atoms with Gasteiger partial charge in [-0.15, -0.1) is 0 Å². The van der Waals surface area contributed by atoms with Crippen molar-refractivity contribution in [2.24, 2.45) is 5.73 Å². The Morgan fingerprint density at radius 2 is 1.81 bits per heavy atom. The van der Waals surface area contributed by atoms with Gasteiger partial charge in [-0.3, -0.25) is 4.79 Å². The number of rotatable bonds is 6. The number of primary amides is 1. The second-order valence-electron chi connectivity index (χ2n) is 6.12. The van der Waals surface area contributed by atoms with Gasteiger partial charge in [-0.05, 0) is 34.9 Å². The maximum absolute atomic E-state index is 11.6. The number of allylic oxidation sites excluding steroid dienone is 1. The Labute approximate surface area is 157 Å². The predicted octanol–water partition coefficient (Wildman–Crippen LogP) is 3.25. The molecule has 1 aliphatic rings. The lowest BCUT2D eigenvalue weighted by molar-refractivity contribution is -0.148. The Bertz CT molecular complexity index is 786. The lowest BCUT2D eigenvalue weighted by Gasteiger charge is -2.28. The molecule has 0 radical (unpaired) electrons. The van der Waals surface area contributed by atoms with Crippen molar-refractivity contribution in [1.29, 1.82) is 0 Å². The Morgan fingerprint density at radius 3 is 2.42 bits per heavy atom. The molecule has 1 amide bonds. The van der Waals surface area contributed by atoms with E-state index < -0.39 is 12.2 Å². The largest absolute Gasteiger partial charge is 0.459 e. The quantitative estimate of drug-likeness (QED) is 0.814. The van der Waals surface area contributed by atoms with E-state index in [1.165, 1.54) is 0 Å². The van der Waals surface area contributed by atoms with Crippen LogP contribution >= 0.6 is 11.6 Å². The topological polar surface area (TPSA) is 81.8 Å². The molecule has 136 valence electrons. The van der Waals surface area contributed by atoms with Crippen LogP contribution in [0.3, 0.4) is 0 Å². The molecule has 0 bridgehead atoms. The number of halogens is 1. The highest BCUT2D eigenvalue weighted by Crippen LogP contribution is 2.32. The highest BCUT2D eigenvalue weighted by molar-refractivity contribution is 6.30. The zero-order chi connectivity index (χ0) is 18.5. The number of benzene rings is 2. The molecule has 3 N–H and O–H groups in total. The van der Waals surface area contributed by atoms with E-state index in [2.05, 4.69) is 0 Å². The van der Waals surface area contributed by atoms with Gasteiger partial charge < -0.3 is 20.3 Å². The minimum atomic E-state index is -0.621. The number of aliphatic hydroxyl groups is 1. The van der Waals surface area contributed by atoms with Crippen molar-refractivity contribution in [2.45, 2.75) is 31.8 Å². The van der Waals surface area contributed by atoms with Crippen LogP contribution in [0, 0.1) is 0 Å².